The zero-order valence-electron chi connectivity index (χ0n) is 10.3. The van der Waals surface area contributed by atoms with E-state index in [4.69, 9.17) is 16.7 Å². The predicted molar refractivity (Wildman–Crippen MR) is 72.1 cm³/mol. The summed E-state index contributed by atoms with van der Waals surface area (Å²) < 4.78 is 25.7. The molecule has 1 rings (SSSR count). The van der Waals surface area contributed by atoms with Crippen molar-refractivity contribution >= 4 is 38.9 Å². The highest BCUT2D eigenvalue weighted by molar-refractivity contribution is 7.91. The zero-order chi connectivity index (χ0) is 14.8. The third-order valence-corrected chi connectivity index (χ3v) is 6.20. The Morgan fingerprint density at radius 2 is 2.16 bits per heavy atom. The highest BCUT2D eigenvalue weighted by Gasteiger charge is 2.26. The molecule has 9 heteroatoms. The first-order valence-electron chi connectivity index (χ1n) is 5.26. The Morgan fingerprint density at radius 3 is 2.58 bits per heavy atom. The van der Waals surface area contributed by atoms with Gasteiger partial charge in [0.2, 0.25) is 0 Å². The van der Waals surface area contributed by atoms with E-state index in [1.165, 1.54) is 13.1 Å². The molecule has 0 aliphatic carbocycles. The van der Waals surface area contributed by atoms with E-state index in [-0.39, 0.29) is 10.8 Å². The Kier molecular flexibility index (Phi) is 5.34. The van der Waals surface area contributed by atoms with Crippen LogP contribution in [-0.2, 0) is 14.8 Å². The van der Waals surface area contributed by atoms with Crippen molar-refractivity contribution in [1.29, 1.82) is 0 Å². The van der Waals surface area contributed by atoms with Gasteiger partial charge in [0.05, 0.1) is 16.9 Å². The molecule has 108 valence electrons. The molecule has 2 N–H and O–H groups in total. The van der Waals surface area contributed by atoms with Gasteiger partial charge >= 0.3 is 5.97 Å². The van der Waals surface area contributed by atoms with Gasteiger partial charge in [-0.05, 0) is 18.6 Å². The number of hydrogen-bond acceptors (Lipinski definition) is 5. The molecule has 0 fully saturated rings. The van der Waals surface area contributed by atoms with Crippen LogP contribution in [0.2, 0.25) is 4.34 Å². The molecule has 0 aliphatic heterocycles. The van der Waals surface area contributed by atoms with E-state index < -0.39 is 28.5 Å². The number of aryl methyl sites for hydroxylation is 1. The van der Waals surface area contributed by atoms with Crippen LogP contribution in [0.3, 0.4) is 0 Å². The van der Waals surface area contributed by atoms with Gasteiger partial charge in [0.15, 0.2) is 0 Å². The van der Waals surface area contributed by atoms with Gasteiger partial charge in [-0.2, -0.15) is 4.31 Å². The molecule has 0 bridgehead atoms. The van der Waals surface area contributed by atoms with Crippen molar-refractivity contribution in [2.75, 3.05) is 13.6 Å². The molecule has 0 aliphatic rings. The number of halogens is 1. The lowest BCUT2D eigenvalue weighted by Crippen LogP contribution is -2.35. The molecule has 0 saturated heterocycles. The first kappa shape index (κ1) is 16.4. The van der Waals surface area contributed by atoms with Gasteiger partial charge < -0.3 is 10.2 Å². The van der Waals surface area contributed by atoms with Crippen LogP contribution in [0.25, 0.3) is 0 Å². The molecule has 0 spiro atoms. The predicted octanol–water partition coefficient (Wildman–Crippen LogP) is 1.17. The summed E-state index contributed by atoms with van der Waals surface area (Å²) in [5.74, 6) is -1.19. The number of likely N-dealkylation sites (N-methyl/N-ethyl adjacent to an activating group) is 1. The van der Waals surface area contributed by atoms with E-state index in [9.17, 15) is 18.3 Å². The van der Waals surface area contributed by atoms with Crippen LogP contribution in [-0.4, -0.2) is 48.6 Å². The smallest absolute Gasteiger partial charge is 0.306 e. The molecular formula is C10H14ClNO5S2. The molecular weight excluding hydrogens is 314 g/mol. The summed E-state index contributed by atoms with van der Waals surface area (Å²) in [7, 11) is -2.48. The van der Waals surface area contributed by atoms with Gasteiger partial charge in [0.1, 0.15) is 4.21 Å². The summed E-state index contributed by atoms with van der Waals surface area (Å²) >= 11 is 6.75. The van der Waals surface area contributed by atoms with Crippen molar-refractivity contribution in [2.24, 2.45) is 0 Å². The molecule has 1 aromatic rings. The van der Waals surface area contributed by atoms with Crippen LogP contribution < -0.4 is 0 Å². The molecule has 19 heavy (non-hydrogen) atoms. The number of nitrogens with zero attached hydrogens (tertiary/aromatic N) is 1. The lowest BCUT2D eigenvalue weighted by atomic mass is 10.2. The fourth-order valence-corrected chi connectivity index (χ4v) is 4.50. The number of aliphatic hydroxyl groups is 1. The van der Waals surface area contributed by atoms with E-state index >= 15 is 0 Å². The van der Waals surface area contributed by atoms with Crippen LogP contribution in [0, 0.1) is 6.92 Å². The van der Waals surface area contributed by atoms with Gasteiger partial charge in [0, 0.05) is 13.6 Å². The minimum atomic E-state index is -3.76. The Labute approximate surface area is 120 Å². The SMILES string of the molecule is Cc1cc(S(=O)(=O)N(C)CC(O)CC(=O)O)sc1Cl. The number of aliphatic hydroxyl groups excluding tert-OH is 1. The second-order valence-corrected chi connectivity index (χ2v) is 7.99. The standard InChI is InChI=1S/C10H14ClNO5S2/c1-6-3-9(18-10(6)11)19(16,17)12(2)5-7(13)4-8(14)15/h3,7,13H,4-5H2,1-2H3,(H,14,15). The maximum Gasteiger partial charge on any atom is 0.306 e. The van der Waals surface area contributed by atoms with Crippen LogP contribution in [0.5, 0.6) is 0 Å². The van der Waals surface area contributed by atoms with Gasteiger partial charge in [0.25, 0.3) is 10.0 Å². The normalized spacial score (nSPS) is 13.7. The summed E-state index contributed by atoms with van der Waals surface area (Å²) in [5.41, 5.74) is 0.657. The van der Waals surface area contributed by atoms with Gasteiger partial charge in [-0.1, -0.05) is 11.6 Å². The van der Waals surface area contributed by atoms with Gasteiger partial charge in [-0.25, -0.2) is 8.42 Å². The number of rotatable bonds is 6. The molecule has 0 aromatic carbocycles. The van der Waals surface area contributed by atoms with Crippen molar-refractivity contribution in [3.05, 3.63) is 16.0 Å². The average Bonchev–Trinajstić information content (AvgIpc) is 2.58. The first-order chi connectivity index (χ1) is 8.64. The van der Waals surface area contributed by atoms with Crippen LogP contribution in [0.4, 0.5) is 0 Å². The lowest BCUT2D eigenvalue weighted by Gasteiger charge is -2.18. The van der Waals surface area contributed by atoms with Crippen molar-refractivity contribution in [1.82, 2.24) is 4.31 Å². The fourth-order valence-electron chi connectivity index (χ4n) is 1.37. The second-order valence-electron chi connectivity index (χ2n) is 4.06. The number of aliphatic carboxylic acids is 1. The Balaban J connectivity index is 2.85. The van der Waals surface area contributed by atoms with Crippen LogP contribution in [0.1, 0.15) is 12.0 Å². The highest BCUT2D eigenvalue weighted by atomic mass is 35.5. The number of sulfonamides is 1. The monoisotopic (exact) mass is 327 g/mol. The van der Waals surface area contributed by atoms with Crippen molar-refractivity contribution in [3.8, 4) is 0 Å². The molecule has 1 atom stereocenters. The molecule has 0 amide bonds. The highest BCUT2D eigenvalue weighted by Crippen LogP contribution is 2.31. The Bertz CT molecular complexity index is 549. The summed E-state index contributed by atoms with van der Waals surface area (Å²) in [4.78, 5) is 10.4. The van der Waals surface area contributed by atoms with E-state index in [2.05, 4.69) is 0 Å². The number of carboxylic acid groups (broad SMARTS) is 1. The molecule has 1 unspecified atom stereocenters. The van der Waals surface area contributed by atoms with E-state index in [0.717, 1.165) is 15.6 Å². The first-order valence-corrected chi connectivity index (χ1v) is 7.90. The van der Waals surface area contributed by atoms with E-state index in [0.29, 0.717) is 9.90 Å². The van der Waals surface area contributed by atoms with Crippen LogP contribution >= 0.6 is 22.9 Å². The summed E-state index contributed by atoms with van der Waals surface area (Å²) in [5, 5.41) is 18.0. The third-order valence-electron chi connectivity index (χ3n) is 2.38. The topological polar surface area (TPSA) is 94.9 Å². The molecule has 0 radical (unpaired) electrons. The van der Waals surface area contributed by atoms with Gasteiger partial charge in [-0.15, -0.1) is 11.3 Å². The lowest BCUT2D eigenvalue weighted by molar-refractivity contribution is -0.139. The third kappa shape index (κ3) is 4.15. The average molecular weight is 328 g/mol. The van der Waals surface area contributed by atoms with Crippen LogP contribution in [0.15, 0.2) is 10.3 Å². The summed E-state index contributed by atoms with van der Waals surface area (Å²) in [6.45, 7) is 1.40. The minimum Gasteiger partial charge on any atom is -0.481 e. The van der Waals surface area contributed by atoms with Crippen molar-refractivity contribution in [3.63, 3.8) is 0 Å². The second kappa shape index (κ2) is 6.19. The maximum atomic E-state index is 12.1. The number of carboxylic acids is 1. The molecule has 6 nitrogen and oxygen atoms in total. The summed E-state index contributed by atoms with van der Waals surface area (Å²) in [6.07, 6.45) is -1.77. The zero-order valence-corrected chi connectivity index (χ0v) is 12.7. The number of carbonyl (C=O) groups is 1. The van der Waals surface area contributed by atoms with Crippen molar-refractivity contribution in [2.45, 2.75) is 23.7 Å². The fraction of sp³-hybridized carbons (Fsp3) is 0.500. The molecule has 0 saturated carbocycles. The Hall–Kier alpha value is -0.670. The minimum absolute atomic E-state index is 0.0695. The largest absolute Gasteiger partial charge is 0.481 e. The van der Waals surface area contributed by atoms with Crippen molar-refractivity contribution < 1.29 is 23.4 Å². The Morgan fingerprint density at radius 1 is 1.58 bits per heavy atom. The molecule has 1 heterocycles. The molecule has 1 aromatic heterocycles. The number of thiophene rings is 1. The van der Waals surface area contributed by atoms with Gasteiger partial charge in [-0.3, -0.25) is 4.79 Å². The quantitative estimate of drug-likeness (QED) is 0.817. The van der Waals surface area contributed by atoms with E-state index in [1.54, 1.807) is 6.92 Å². The van der Waals surface area contributed by atoms with E-state index in [1.807, 2.05) is 0 Å². The summed E-state index contributed by atoms with van der Waals surface area (Å²) in [6, 6.07) is 1.45. The number of hydrogen-bond donors (Lipinski definition) is 2. The maximum absolute atomic E-state index is 12.1.